The Kier molecular flexibility index (Phi) is 4.21. The van der Waals surface area contributed by atoms with Gasteiger partial charge in [0.15, 0.2) is 0 Å². The largest absolute Gasteiger partial charge is 0.411 e. The normalized spacial score (nSPS) is 11.9. The van der Waals surface area contributed by atoms with Crippen LogP contribution in [0.2, 0.25) is 0 Å². The topological polar surface area (TPSA) is 32.6 Å². The summed E-state index contributed by atoms with van der Waals surface area (Å²) >= 11 is 0. The van der Waals surface area contributed by atoms with Crippen molar-refractivity contribution in [1.29, 1.82) is 0 Å². The summed E-state index contributed by atoms with van der Waals surface area (Å²) in [6.07, 6.45) is 5.94. The first-order valence-electron chi connectivity index (χ1n) is 4.42. The molecule has 0 aliphatic heterocycles. The third-order valence-corrected chi connectivity index (χ3v) is 1.75. The summed E-state index contributed by atoms with van der Waals surface area (Å²) in [7, 11) is 0. The minimum absolute atomic E-state index is 0.569. The van der Waals surface area contributed by atoms with Gasteiger partial charge in [-0.15, -0.1) is 6.58 Å². The Morgan fingerprint density at radius 1 is 1.36 bits per heavy atom. The molecule has 14 heavy (non-hydrogen) atoms. The van der Waals surface area contributed by atoms with E-state index in [1.54, 1.807) is 12.2 Å². The average Bonchev–Trinajstić information content (AvgIpc) is 2.25. The molecule has 0 bridgehead atoms. The number of nitrogens with zero attached hydrogens (tertiary/aromatic N) is 1. The minimum atomic E-state index is 0.569. The van der Waals surface area contributed by atoms with E-state index in [2.05, 4.69) is 11.7 Å². The molecule has 0 atom stereocenters. The van der Waals surface area contributed by atoms with E-state index in [9.17, 15) is 0 Å². The lowest BCUT2D eigenvalue weighted by molar-refractivity contribution is 0.319. The molecule has 1 aromatic rings. The van der Waals surface area contributed by atoms with Crippen LogP contribution in [-0.4, -0.2) is 10.9 Å². The van der Waals surface area contributed by atoms with Crippen LogP contribution >= 0.6 is 0 Å². The van der Waals surface area contributed by atoms with Crippen molar-refractivity contribution >= 4 is 11.8 Å². The molecular formula is C12H13NO. The molecule has 1 aromatic carbocycles. The summed E-state index contributed by atoms with van der Waals surface area (Å²) in [4.78, 5) is 0. The van der Waals surface area contributed by atoms with E-state index in [0.29, 0.717) is 12.1 Å². The molecular weight excluding hydrogens is 174 g/mol. The fourth-order valence-corrected chi connectivity index (χ4v) is 1.05. The van der Waals surface area contributed by atoms with Crippen LogP contribution in [0, 0.1) is 0 Å². The van der Waals surface area contributed by atoms with E-state index in [4.69, 9.17) is 5.21 Å². The molecule has 1 N–H and O–H groups in total. The highest BCUT2D eigenvalue weighted by molar-refractivity contribution is 5.98. The first kappa shape index (κ1) is 10.3. The maximum absolute atomic E-state index is 8.62. The zero-order valence-electron chi connectivity index (χ0n) is 7.93. The standard InChI is InChI=1S/C12H13NO/c1-2-6-12(13-14)10-9-11-7-4-3-5-8-11/h2-5,7-10,14H,1,6H2/b10-9+,13-12+. The van der Waals surface area contributed by atoms with Crippen LogP contribution in [0.15, 0.2) is 54.2 Å². The van der Waals surface area contributed by atoms with Gasteiger partial charge in [0.05, 0.1) is 5.71 Å². The van der Waals surface area contributed by atoms with Gasteiger partial charge < -0.3 is 5.21 Å². The van der Waals surface area contributed by atoms with E-state index in [1.165, 1.54) is 0 Å². The van der Waals surface area contributed by atoms with Gasteiger partial charge in [0.25, 0.3) is 0 Å². The Balaban J connectivity index is 2.68. The van der Waals surface area contributed by atoms with Crippen LogP contribution in [0.5, 0.6) is 0 Å². The third-order valence-electron chi connectivity index (χ3n) is 1.75. The maximum Gasteiger partial charge on any atom is 0.0833 e. The first-order chi connectivity index (χ1) is 6.86. The Morgan fingerprint density at radius 2 is 2.07 bits per heavy atom. The van der Waals surface area contributed by atoms with Crippen LogP contribution < -0.4 is 0 Å². The second-order valence-electron chi connectivity index (χ2n) is 2.83. The molecule has 2 heteroatoms. The summed E-state index contributed by atoms with van der Waals surface area (Å²) in [5.74, 6) is 0. The molecule has 0 aliphatic carbocycles. The third kappa shape index (κ3) is 3.27. The highest BCUT2D eigenvalue weighted by atomic mass is 16.4. The number of hydrogen-bond donors (Lipinski definition) is 1. The maximum atomic E-state index is 8.62. The molecule has 2 nitrogen and oxygen atoms in total. The average molecular weight is 187 g/mol. The van der Waals surface area contributed by atoms with Crippen molar-refractivity contribution < 1.29 is 5.21 Å². The second kappa shape index (κ2) is 5.75. The van der Waals surface area contributed by atoms with Crippen molar-refractivity contribution in [3.05, 3.63) is 54.6 Å². The molecule has 0 spiro atoms. The van der Waals surface area contributed by atoms with Crippen LogP contribution in [0.1, 0.15) is 12.0 Å². The van der Waals surface area contributed by atoms with Crippen molar-refractivity contribution in [2.24, 2.45) is 5.16 Å². The van der Waals surface area contributed by atoms with E-state index >= 15 is 0 Å². The van der Waals surface area contributed by atoms with Crippen LogP contribution in [0.25, 0.3) is 6.08 Å². The van der Waals surface area contributed by atoms with Gasteiger partial charge in [-0.3, -0.25) is 0 Å². The zero-order valence-corrected chi connectivity index (χ0v) is 7.93. The Labute approximate surface area is 83.9 Å². The monoisotopic (exact) mass is 187 g/mol. The highest BCUT2D eigenvalue weighted by Gasteiger charge is 1.90. The van der Waals surface area contributed by atoms with Gasteiger partial charge in [0.2, 0.25) is 0 Å². The van der Waals surface area contributed by atoms with Crippen LogP contribution in [0.3, 0.4) is 0 Å². The predicted octanol–water partition coefficient (Wildman–Crippen LogP) is 3.11. The van der Waals surface area contributed by atoms with Gasteiger partial charge in [0.1, 0.15) is 0 Å². The molecule has 1 rings (SSSR count). The van der Waals surface area contributed by atoms with Gasteiger partial charge in [-0.05, 0) is 11.6 Å². The van der Waals surface area contributed by atoms with Gasteiger partial charge in [-0.1, -0.05) is 47.6 Å². The number of hydrogen-bond acceptors (Lipinski definition) is 2. The fourth-order valence-electron chi connectivity index (χ4n) is 1.05. The van der Waals surface area contributed by atoms with E-state index in [0.717, 1.165) is 5.56 Å². The highest BCUT2D eigenvalue weighted by Crippen LogP contribution is 2.02. The number of oxime groups is 1. The molecule has 0 aromatic heterocycles. The lowest BCUT2D eigenvalue weighted by Crippen LogP contribution is -1.89. The minimum Gasteiger partial charge on any atom is -0.411 e. The molecule has 0 saturated heterocycles. The van der Waals surface area contributed by atoms with E-state index in [1.807, 2.05) is 36.4 Å². The molecule has 0 saturated carbocycles. The van der Waals surface area contributed by atoms with Crippen molar-refractivity contribution in [3.8, 4) is 0 Å². The molecule has 0 amide bonds. The summed E-state index contributed by atoms with van der Waals surface area (Å²) < 4.78 is 0. The van der Waals surface area contributed by atoms with Crippen LogP contribution in [-0.2, 0) is 0 Å². The molecule has 0 fully saturated rings. The zero-order chi connectivity index (χ0) is 10.2. The molecule has 0 radical (unpaired) electrons. The Hall–Kier alpha value is -1.83. The summed E-state index contributed by atoms with van der Waals surface area (Å²) in [6.45, 7) is 3.58. The lowest BCUT2D eigenvalue weighted by Gasteiger charge is -1.93. The molecule has 0 unspecified atom stereocenters. The smallest absolute Gasteiger partial charge is 0.0833 e. The fraction of sp³-hybridized carbons (Fsp3) is 0.0833. The SMILES string of the molecule is C=CCC(/C=C/c1ccccc1)=N\O. The van der Waals surface area contributed by atoms with Crippen molar-refractivity contribution in [2.45, 2.75) is 6.42 Å². The van der Waals surface area contributed by atoms with Crippen molar-refractivity contribution in [2.75, 3.05) is 0 Å². The quantitative estimate of drug-likeness (QED) is 0.334. The van der Waals surface area contributed by atoms with Gasteiger partial charge in [0, 0.05) is 6.42 Å². The van der Waals surface area contributed by atoms with Crippen molar-refractivity contribution in [1.82, 2.24) is 0 Å². The number of benzene rings is 1. The molecule has 72 valence electrons. The summed E-state index contributed by atoms with van der Waals surface area (Å²) in [6, 6.07) is 9.85. The Bertz CT molecular complexity index is 339. The van der Waals surface area contributed by atoms with Gasteiger partial charge in [-0.25, -0.2) is 0 Å². The van der Waals surface area contributed by atoms with Gasteiger partial charge >= 0.3 is 0 Å². The van der Waals surface area contributed by atoms with E-state index < -0.39 is 0 Å². The Morgan fingerprint density at radius 3 is 2.64 bits per heavy atom. The molecule has 0 aliphatic rings. The lowest BCUT2D eigenvalue weighted by atomic mass is 10.1. The van der Waals surface area contributed by atoms with Crippen molar-refractivity contribution in [3.63, 3.8) is 0 Å². The van der Waals surface area contributed by atoms with E-state index in [-0.39, 0.29) is 0 Å². The molecule has 0 heterocycles. The number of allylic oxidation sites excluding steroid dienone is 2. The predicted molar refractivity (Wildman–Crippen MR) is 59.5 cm³/mol. The van der Waals surface area contributed by atoms with Crippen LogP contribution in [0.4, 0.5) is 0 Å². The second-order valence-corrected chi connectivity index (χ2v) is 2.83. The first-order valence-corrected chi connectivity index (χ1v) is 4.42. The summed E-state index contributed by atoms with van der Waals surface area (Å²) in [5.41, 5.74) is 1.68. The number of rotatable bonds is 4. The van der Waals surface area contributed by atoms with Gasteiger partial charge in [-0.2, -0.15) is 0 Å². The summed E-state index contributed by atoms with van der Waals surface area (Å²) in [5, 5.41) is 11.8.